The number of methoxy groups -OCH3 is 1. The van der Waals surface area contributed by atoms with Crippen molar-refractivity contribution in [2.75, 3.05) is 99.5 Å². The summed E-state index contributed by atoms with van der Waals surface area (Å²) in [5.74, 6) is 0. The van der Waals surface area contributed by atoms with Crippen molar-refractivity contribution < 1.29 is 41.6 Å². The van der Waals surface area contributed by atoms with Gasteiger partial charge < -0.3 is 33.2 Å². The van der Waals surface area contributed by atoms with Crippen molar-refractivity contribution in [1.82, 2.24) is 4.72 Å². The molecule has 0 unspecified atom stereocenters. The zero-order chi connectivity index (χ0) is 20.1. The molecule has 1 N–H and O–H groups in total. The van der Waals surface area contributed by atoms with Crippen molar-refractivity contribution in [2.24, 2.45) is 0 Å². The van der Waals surface area contributed by atoms with E-state index in [0.29, 0.717) is 79.3 Å². The largest absolute Gasteiger partial charge is 0.382 e. The Labute approximate surface area is 166 Å². The third kappa shape index (κ3) is 25.9. The molecule has 0 saturated heterocycles. The molecule has 0 aliphatic rings. The molecule has 0 bridgehead atoms. The van der Waals surface area contributed by atoms with Crippen molar-refractivity contribution in [1.29, 1.82) is 0 Å². The molecule has 12 heteroatoms. The third-order valence-corrected chi connectivity index (χ3v) is 3.69. The van der Waals surface area contributed by atoms with Crippen LogP contribution >= 0.6 is 10.7 Å². The van der Waals surface area contributed by atoms with Crippen molar-refractivity contribution >= 4 is 19.9 Å². The first-order chi connectivity index (χ1) is 13.1. The van der Waals surface area contributed by atoms with Crippen LogP contribution < -0.4 is 4.72 Å². The maximum absolute atomic E-state index is 10.6. The van der Waals surface area contributed by atoms with E-state index in [4.69, 9.17) is 43.8 Å². The molecule has 0 aromatic rings. The number of nitrogens with one attached hydrogen (secondary N) is 1. The van der Waals surface area contributed by atoms with Gasteiger partial charge in [-0.05, 0) is 0 Å². The molecule has 0 saturated carbocycles. The summed E-state index contributed by atoms with van der Waals surface area (Å²) >= 11 is 0. The van der Waals surface area contributed by atoms with Gasteiger partial charge in [-0.15, -0.1) is 0 Å². The predicted molar refractivity (Wildman–Crippen MR) is 99.6 cm³/mol. The molecule has 0 radical (unpaired) electrons. The molecule has 0 spiro atoms. The van der Waals surface area contributed by atoms with Gasteiger partial charge in [0, 0.05) is 24.3 Å². The lowest BCUT2D eigenvalue weighted by Crippen LogP contribution is -2.23. The number of ether oxygens (including phenoxy) is 7. The van der Waals surface area contributed by atoms with E-state index >= 15 is 0 Å². The second-order valence-corrected chi connectivity index (χ2v) is 7.38. The van der Waals surface area contributed by atoms with Crippen LogP contribution in [0.25, 0.3) is 0 Å². The summed E-state index contributed by atoms with van der Waals surface area (Å²) in [7, 11) is 2.92. The highest BCUT2D eigenvalue weighted by molar-refractivity contribution is 8.12. The zero-order valence-corrected chi connectivity index (χ0v) is 17.4. The van der Waals surface area contributed by atoms with Gasteiger partial charge in [0.05, 0.1) is 85.9 Å². The average Bonchev–Trinajstić information content (AvgIpc) is 2.62. The summed E-state index contributed by atoms with van der Waals surface area (Å²) in [4.78, 5) is 0. The van der Waals surface area contributed by atoms with Crippen molar-refractivity contribution in [3.63, 3.8) is 0 Å². The topological polar surface area (TPSA) is 111 Å². The van der Waals surface area contributed by atoms with Gasteiger partial charge in [0.2, 0.25) is 0 Å². The van der Waals surface area contributed by atoms with Crippen LogP contribution in [0.3, 0.4) is 0 Å². The van der Waals surface area contributed by atoms with Crippen LogP contribution in [0.4, 0.5) is 0 Å². The molecule has 10 nitrogen and oxygen atoms in total. The van der Waals surface area contributed by atoms with Crippen molar-refractivity contribution in [2.45, 2.75) is 0 Å². The third-order valence-electron chi connectivity index (χ3n) is 2.81. The fraction of sp³-hybridized carbons (Fsp3) is 1.00. The number of halogens is 1. The summed E-state index contributed by atoms with van der Waals surface area (Å²) in [5, 5.41) is 0. The molecule has 0 aromatic carbocycles. The minimum Gasteiger partial charge on any atom is -0.382 e. The van der Waals surface area contributed by atoms with E-state index in [9.17, 15) is 8.42 Å². The standard InChI is InChI=1S/C15H32ClNO9S/c1-20-4-5-22-8-9-24-12-13-26-15-14-25-11-10-23-7-6-21-3-2-17-27(16,18)19/h17H,2-15H2,1H3. The predicted octanol–water partition coefficient (Wildman–Crippen LogP) is -0.194. The first-order valence-corrected chi connectivity index (χ1v) is 11.0. The monoisotopic (exact) mass is 437 g/mol. The van der Waals surface area contributed by atoms with Gasteiger partial charge in [-0.2, -0.15) is 13.1 Å². The van der Waals surface area contributed by atoms with Gasteiger partial charge in [-0.25, -0.2) is 0 Å². The smallest absolute Gasteiger partial charge is 0.297 e. The summed E-state index contributed by atoms with van der Waals surface area (Å²) in [6.07, 6.45) is 0. The summed E-state index contributed by atoms with van der Waals surface area (Å²) in [6.45, 7) is 6.28. The Morgan fingerprint density at radius 1 is 0.593 bits per heavy atom. The van der Waals surface area contributed by atoms with E-state index in [0.717, 1.165) is 0 Å². The second-order valence-electron chi connectivity index (χ2n) is 5.00. The van der Waals surface area contributed by atoms with Crippen LogP contribution in [0.15, 0.2) is 0 Å². The number of hydrogen-bond acceptors (Lipinski definition) is 9. The highest BCUT2D eigenvalue weighted by Crippen LogP contribution is 1.88. The Balaban J connectivity index is 3.03. The van der Waals surface area contributed by atoms with Gasteiger partial charge in [-0.1, -0.05) is 0 Å². The normalized spacial score (nSPS) is 11.9. The van der Waals surface area contributed by atoms with Crippen LogP contribution in [-0.2, 0) is 42.4 Å². The summed E-state index contributed by atoms with van der Waals surface area (Å²) < 4.78 is 59.8. The summed E-state index contributed by atoms with van der Waals surface area (Å²) in [6, 6.07) is 0. The second kappa shape index (κ2) is 20.6. The SMILES string of the molecule is COCCOCCOCCOCCOCCOCCOCCNS(=O)(=O)Cl. The molecule has 0 rings (SSSR count). The molecule has 0 aromatic heterocycles. The maximum atomic E-state index is 10.6. The van der Waals surface area contributed by atoms with E-state index in [1.54, 1.807) is 7.11 Å². The first-order valence-electron chi connectivity index (χ1n) is 8.71. The van der Waals surface area contributed by atoms with Gasteiger partial charge in [0.1, 0.15) is 0 Å². The van der Waals surface area contributed by atoms with E-state index in [2.05, 4.69) is 4.72 Å². The van der Waals surface area contributed by atoms with Gasteiger partial charge in [0.15, 0.2) is 0 Å². The Bertz CT molecular complexity index is 401. The number of hydrogen-bond donors (Lipinski definition) is 1. The maximum Gasteiger partial charge on any atom is 0.297 e. The van der Waals surface area contributed by atoms with Crippen molar-refractivity contribution in [3.8, 4) is 0 Å². The van der Waals surface area contributed by atoms with E-state index < -0.39 is 9.24 Å². The van der Waals surface area contributed by atoms with E-state index in [1.165, 1.54) is 0 Å². The molecule has 0 fully saturated rings. The molecule has 164 valence electrons. The molecule has 0 amide bonds. The minimum absolute atomic E-state index is 0.127. The molecule has 27 heavy (non-hydrogen) atoms. The van der Waals surface area contributed by atoms with Gasteiger partial charge in [-0.3, -0.25) is 0 Å². The first kappa shape index (κ1) is 26.9. The lowest BCUT2D eigenvalue weighted by Gasteiger charge is -2.08. The van der Waals surface area contributed by atoms with Crippen LogP contribution in [0, 0.1) is 0 Å². The quantitative estimate of drug-likeness (QED) is 0.182. The highest BCUT2D eigenvalue weighted by atomic mass is 35.7. The minimum atomic E-state index is -3.68. The van der Waals surface area contributed by atoms with Crippen LogP contribution in [0.1, 0.15) is 0 Å². The highest BCUT2D eigenvalue weighted by Gasteiger charge is 2.01. The molecule has 0 aliphatic carbocycles. The average molecular weight is 438 g/mol. The molecule has 0 heterocycles. The Kier molecular flexibility index (Phi) is 20.6. The lowest BCUT2D eigenvalue weighted by molar-refractivity contribution is -0.0188. The van der Waals surface area contributed by atoms with Crippen LogP contribution in [0.5, 0.6) is 0 Å². The lowest BCUT2D eigenvalue weighted by atomic mass is 10.6. The van der Waals surface area contributed by atoms with Crippen LogP contribution in [-0.4, -0.2) is 108 Å². The number of rotatable bonds is 22. The van der Waals surface area contributed by atoms with Crippen molar-refractivity contribution in [3.05, 3.63) is 0 Å². The fourth-order valence-electron chi connectivity index (χ4n) is 1.58. The van der Waals surface area contributed by atoms with E-state index in [-0.39, 0.29) is 13.2 Å². The molecular formula is C15H32ClNO9S. The van der Waals surface area contributed by atoms with E-state index in [1.807, 2.05) is 0 Å². The Morgan fingerprint density at radius 3 is 1.19 bits per heavy atom. The van der Waals surface area contributed by atoms with Gasteiger partial charge in [0.25, 0.3) is 9.24 Å². The fourth-order valence-corrected chi connectivity index (χ4v) is 2.14. The molecule has 0 atom stereocenters. The van der Waals surface area contributed by atoms with Gasteiger partial charge >= 0.3 is 0 Å². The summed E-state index contributed by atoms with van der Waals surface area (Å²) in [5.41, 5.74) is 0. The van der Waals surface area contributed by atoms with Crippen LogP contribution in [0.2, 0.25) is 0 Å². The molecular weight excluding hydrogens is 406 g/mol. The Hall–Kier alpha value is -0.0800. The zero-order valence-electron chi connectivity index (χ0n) is 15.9. The Morgan fingerprint density at radius 2 is 0.889 bits per heavy atom. The molecule has 0 aliphatic heterocycles.